The smallest absolute Gasteiger partial charge is 0.191 e. The Morgan fingerprint density at radius 3 is 3.19 bits per heavy atom. The zero-order chi connectivity index (χ0) is 18.2. The molecule has 1 atom stereocenters. The fourth-order valence-corrected chi connectivity index (χ4v) is 2.92. The second kappa shape index (κ2) is 11.1. The molecule has 1 unspecified atom stereocenters. The van der Waals surface area contributed by atoms with Crippen LogP contribution in [0.1, 0.15) is 23.8 Å². The summed E-state index contributed by atoms with van der Waals surface area (Å²) in [6, 6.07) is 4.10. The summed E-state index contributed by atoms with van der Waals surface area (Å²) in [7, 11) is 1.65. The van der Waals surface area contributed by atoms with E-state index in [1.807, 2.05) is 22.9 Å². The van der Waals surface area contributed by atoms with Gasteiger partial charge in [-0.25, -0.2) is 9.67 Å². The number of methoxy groups -OCH3 is 1. The number of halogens is 1. The third kappa shape index (κ3) is 6.35. The van der Waals surface area contributed by atoms with Crippen molar-refractivity contribution in [3.05, 3.63) is 48.5 Å². The first-order valence-corrected chi connectivity index (χ1v) is 8.88. The van der Waals surface area contributed by atoms with E-state index in [1.54, 1.807) is 13.4 Å². The lowest BCUT2D eigenvalue weighted by Crippen LogP contribution is -2.47. The van der Waals surface area contributed by atoms with Crippen LogP contribution in [0.15, 0.2) is 40.5 Å². The van der Waals surface area contributed by atoms with Crippen molar-refractivity contribution in [1.29, 1.82) is 0 Å². The van der Waals surface area contributed by atoms with Gasteiger partial charge in [0.2, 0.25) is 0 Å². The highest BCUT2D eigenvalue weighted by atomic mass is 127. The summed E-state index contributed by atoms with van der Waals surface area (Å²) in [6.45, 7) is 6.27. The van der Waals surface area contributed by atoms with Crippen molar-refractivity contribution in [2.75, 3.05) is 20.2 Å². The van der Waals surface area contributed by atoms with Crippen LogP contribution in [0.4, 0.5) is 0 Å². The van der Waals surface area contributed by atoms with Crippen molar-refractivity contribution in [3.63, 3.8) is 0 Å². The molecule has 1 aliphatic heterocycles. The molecule has 27 heavy (non-hydrogen) atoms. The quantitative estimate of drug-likeness (QED) is 0.257. The van der Waals surface area contributed by atoms with Crippen LogP contribution < -0.4 is 10.6 Å². The van der Waals surface area contributed by atoms with Crippen LogP contribution >= 0.6 is 24.0 Å². The molecular weight excluding hydrogens is 459 g/mol. The summed E-state index contributed by atoms with van der Waals surface area (Å²) < 4.78 is 12.4. The summed E-state index contributed by atoms with van der Waals surface area (Å²) in [5.41, 5.74) is 0. The SMILES string of the molecule is C=CCNC(=NCCc1ccco1)NC1CCc2nc(COC)nn2C1.I. The van der Waals surface area contributed by atoms with Crippen LogP contribution in [-0.2, 0) is 30.7 Å². The van der Waals surface area contributed by atoms with E-state index in [0.29, 0.717) is 19.7 Å². The van der Waals surface area contributed by atoms with E-state index < -0.39 is 0 Å². The second-order valence-corrected chi connectivity index (χ2v) is 6.17. The first-order valence-electron chi connectivity index (χ1n) is 8.88. The molecule has 3 heterocycles. The van der Waals surface area contributed by atoms with E-state index in [2.05, 4.69) is 32.3 Å². The lowest BCUT2D eigenvalue weighted by molar-refractivity contribution is 0.177. The molecule has 0 saturated heterocycles. The Balaban J connectivity index is 0.00000261. The van der Waals surface area contributed by atoms with Crippen molar-refractivity contribution in [1.82, 2.24) is 25.4 Å². The Kier molecular flexibility index (Phi) is 8.79. The van der Waals surface area contributed by atoms with Gasteiger partial charge in [0.15, 0.2) is 11.8 Å². The number of hydrogen-bond acceptors (Lipinski definition) is 5. The van der Waals surface area contributed by atoms with E-state index in [1.165, 1.54) is 0 Å². The van der Waals surface area contributed by atoms with Crippen molar-refractivity contribution in [2.45, 2.75) is 38.5 Å². The minimum atomic E-state index is 0. The van der Waals surface area contributed by atoms with E-state index >= 15 is 0 Å². The maximum atomic E-state index is 5.35. The van der Waals surface area contributed by atoms with E-state index in [-0.39, 0.29) is 30.0 Å². The van der Waals surface area contributed by atoms with Gasteiger partial charge in [-0.1, -0.05) is 6.08 Å². The minimum Gasteiger partial charge on any atom is -0.469 e. The van der Waals surface area contributed by atoms with Crippen LogP contribution in [-0.4, -0.2) is 47.0 Å². The first kappa shape index (κ1) is 21.4. The average molecular weight is 486 g/mol. The van der Waals surface area contributed by atoms with Crippen molar-refractivity contribution < 1.29 is 9.15 Å². The number of fused-ring (bicyclic) bond motifs is 1. The van der Waals surface area contributed by atoms with Gasteiger partial charge in [-0.05, 0) is 18.6 Å². The zero-order valence-corrected chi connectivity index (χ0v) is 17.9. The fraction of sp³-hybridized carbons (Fsp3) is 0.500. The molecule has 8 nitrogen and oxygen atoms in total. The van der Waals surface area contributed by atoms with E-state index in [0.717, 1.165) is 49.2 Å². The number of aliphatic imine (C=N–C) groups is 1. The van der Waals surface area contributed by atoms with E-state index in [9.17, 15) is 0 Å². The number of ether oxygens (including phenoxy) is 1. The fourth-order valence-electron chi connectivity index (χ4n) is 2.92. The summed E-state index contributed by atoms with van der Waals surface area (Å²) in [4.78, 5) is 9.15. The van der Waals surface area contributed by atoms with Crippen molar-refractivity contribution in [3.8, 4) is 0 Å². The van der Waals surface area contributed by atoms with Gasteiger partial charge in [0.05, 0.1) is 12.8 Å². The number of aryl methyl sites for hydroxylation is 1. The lowest BCUT2D eigenvalue weighted by atomic mass is 10.1. The summed E-state index contributed by atoms with van der Waals surface area (Å²) in [6.07, 6.45) is 6.14. The molecule has 9 heteroatoms. The monoisotopic (exact) mass is 486 g/mol. The largest absolute Gasteiger partial charge is 0.469 e. The molecule has 2 aromatic rings. The highest BCUT2D eigenvalue weighted by Crippen LogP contribution is 2.13. The lowest BCUT2D eigenvalue weighted by Gasteiger charge is -2.25. The first-order chi connectivity index (χ1) is 12.8. The van der Waals surface area contributed by atoms with Gasteiger partial charge in [0, 0.05) is 39.1 Å². The Morgan fingerprint density at radius 1 is 1.56 bits per heavy atom. The van der Waals surface area contributed by atoms with Gasteiger partial charge in [0.25, 0.3) is 0 Å². The molecule has 148 valence electrons. The molecular formula is C18H27IN6O2. The Hall–Kier alpha value is -1.88. The number of hydrogen-bond donors (Lipinski definition) is 2. The Bertz CT molecular complexity index is 728. The summed E-state index contributed by atoms with van der Waals surface area (Å²) >= 11 is 0. The van der Waals surface area contributed by atoms with Crippen molar-refractivity contribution in [2.24, 2.45) is 4.99 Å². The predicted octanol–water partition coefficient (Wildman–Crippen LogP) is 1.91. The number of rotatable bonds is 8. The van der Waals surface area contributed by atoms with Gasteiger partial charge < -0.3 is 19.8 Å². The third-order valence-electron chi connectivity index (χ3n) is 4.14. The molecule has 0 spiro atoms. The number of furan rings is 1. The van der Waals surface area contributed by atoms with Gasteiger partial charge in [-0.15, -0.1) is 30.6 Å². The van der Waals surface area contributed by atoms with Crippen LogP contribution in [0.3, 0.4) is 0 Å². The van der Waals surface area contributed by atoms with Crippen LogP contribution in [0, 0.1) is 0 Å². The summed E-state index contributed by atoms with van der Waals surface area (Å²) in [5, 5.41) is 11.3. The van der Waals surface area contributed by atoms with Gasteiger partial charge in [-0.2, -0.15) is 5.10 Å². The molecule has 0 amide bonds. The summed E-state index contributed by atoms with van der Waals surface area (Å²) in [5.74, 6) is 3.47. The number of aromatic nitrogens is 3. The molecule has 0 saturated carbocycles. The molecule has 0 radical (unpaired) electrons. The normalized spacial score (nSPS) is 16.3. The molecule has 0 fully saturated rings. The van der Waals surface area contributed by atoms with Gasteiger partial charge in [-0.3, -0.25) is 4.99 Å². The zero-order valence-electron chi connectivity index (χ0n) is 15.6. The molecule has 2 aromatic heterocycles. The van der Waals surface area contributed by atoms with Crippen molar-refractivity contribution >= 4 is 29.9 Å². The Morgan fingerprint density at radius 2 is 2.44 bits per heavy atom. The number of guanidine groups is 1. The molecule has 2 N–H and O–H groups in total. The maximum Gasteiger partial charge on any atom is 0.191 e. The van der Waals surface area contributed by atoms with Crippen LogP contribution in [0.5, 0.6) is 0 Å². The van der Waals surface area contributed by atoms with Crippen LogP contribution in [0.2, 0.25) is 0 Å². The van der Waals surface area contributed by atoms with Gasteiger partial charge >= 0.3 is 0 Å². The molecule has 3 rings (SSSR count). The second-order valence-electron chi connectivity index (χ2n) is 6.17. The highest BCUT2D eigenvalue weighted by Gasteiger charge is 2.22. The molecule has 1 aliphatic rings. The topological polar surface area (TPSA) is 89.5 Å². The molecule has 0 bridgehead atoms. The van der Waals surface area contributed by atoms with E-state index in [4.69, 9.17) is 9.15 Å². The number of nitrogens with zero attached hydrogens (tertiary/aromatic N) is 4. The predicted molar refractivity (Wildman–Crippen MR) is 114 cm³/mol. The number of nitrogens with one attached hydrogen (secondary N) is 2. The van der Waals surface area contributed by atoms with Gasteiger partial charge in [0.1, 0.15) is 18.2 Å². The van der Waals surface area contributed by atoms with Crippen LogP contribution in [0.25, 0.3) is 0 Å². The Labute approximate surface area is 176 Å². The highest BCUT2D eigenvalue weighted by molar-refractivity contribution is 14.0. The average Bonchev–Trinajstić information content (AvgIpc) is 3.28. The maximum absolute atomic E-state index is 5.35. The minimum absolute atomic E-state index is 0. The standard InChI is InChI=1S/C18H26N6O2.HI/c1-3-9-19-18(20-10-8-15-5-4-11-26-15)21-14-6-7-17-22-16(13-25-2)23-24(17)12-14;/h3-5,11,14H,1,6-10,12-13H2,2H3,(H2,19,20,21);1H. The molecule has 0 aromatic carbocycles. The molecule has 0 aliphatic carbocycles. The third-order valence-corrected chi connectivity index (χ3v) is 4.14.